The summed E-state index contributed by atoms with van der Waals surface area (Å²) in [5, 5.41) is 2.93. The second kappa shape index (κ2) is 7.98. The molecule has 100 valence electrons. The average molecular weight is 270 g/mol. The van der Waals surface area contributed by atoms with E-state index < -0.39 is 0 Å². The van der Waals surface area contributed by atoms with Gasteiger partial charge < -0.3 is 10.1 Å². The van der Waals surface area contributed by atoms with Gasteiger partial charge in [-0.2, -0.15) is 0 Å². The van der Waals surface area contributed by atoms with Gasteiger partial charge in [-0.3, -0.25) is 4.79 Å². The molecular formula is C14H20ClNO2. The van der Waals surface area contributed by atoms with E-state index in [2.05, 4.69) is 12.2 Å². The second-order valence-corrected chi connectivity index (χ2v) is 4.57. The summed E-state index contributed by atoms with van der Waals surface area (Å²) in [6.07, 6.45) is 1.95. The van der Waals surface area contributed by atoms with Crippen LogP contribution in [-0.4, -0.2) is 25.4 Å². The Morgan fingerprint density at radius 2 is 2.28 bits per heavy atom. The molecular weight excluding hydrogens is 250 g/mol. The molecule has 4 heteroatoms. The van der Waals surface area contributed by atoms with Crippen molar-refractivity contribution in [2.24, 2.45) is 5.92 Å². The van der Waals surface area contributed by atoms with E-state index in [0.717, 1.165) is 12.8 Å². The number of hydrogen-bond donors (Lipinski definition) is 1. The fraction of sp³-hybridized carbons (Fsp3) is 0.500. The molecule has 0 radical (unpaired) electrons. The molecule has 1 rings (SSSR count). The molecule has 1 unspecified atom stereocenters. The van der Waals surface area contributed by atoms with Gasteiger partial charge in [0.15, 0.2) is 0 Å². The number of halogens is 1. The second-order valence-electron chi connectivity index (χ2n) is 4.19. The van der Waals surface area contributed by atoms with Gasteiger partial charge in [0.2, 0.25) is 0 Å². The van der Waals surface area contributed by atoms with Crippen molar-refractivity contribution in [2.75, 3.05) is 19.5 Å². The number of benzene rings is 1. The van der Waals surface area contributed by atoms with Gasteiger partial charge in [-0.15, -0.1) is 11.6 Å². The number of carbonyl (C=O) groups excluding carboxylic acids is 1. The first-order valence-electron chi connectivity index (χ1n) is 6.19. The number of ether oxygens (including phenoxy) is 1. The van der Waals surface area contributed by atoms with Crippen LogP contribution in [0.5, 0.6) is 5.75 Å². The van der Waals surface area contributed by atoms with E-state index in [1.54, 1.807) is 19.2 Å². The minimum Gasteiger partial charge on any atom is -0.497 e. The number of alkyl halides is 1. The first-order chi connectivity index (χ1) is 8.71. The van der Waals surface area contributed by atoms with Crippen molar-refractivity contribution in [1.29, 1.82) is 0 Å². The van der Waals surface area contributed by atoms with E-state index in [1.807, 2.05) is 12.1 Å². The normalized spacial score (nSPS) is 11.9. The number of carbonyl (C=O) groups is 1. The molecule has 0 heterocycles. The summed E-state index contributed by atoms with van der Waals surface area (Å²) in [6.45, 7) is 2.77. The van der Waals surface area contributed by atoms with Gasteiger partial charge in [-0.1, -0.05) is 19.4 Å². The van der Waals surface area contributed by atoms with Crippen LogP contribution in [0.15, 0.2) is 24.3 Å². The molecule has 0 aliphatic heterocycles. The maximum absolute atomic E-state index is 11.9. The molecule has 0 saturated heterocycles. The highest BCUT2D eigenvalue weighted by molar-refractivity contribution is 6.17. The number of rotatable bonds is 7. The maximum Gasteiger partial charge on any atom is 0.251 e. The molecule has 0 saturated carbocycles. The van der Waals surface area contributed by atoms with E-state index in [1.165, 1.54) is 0 Å². The zero-order valence-electron chi connectivity index (χ0n) is 10.9. The van der Waals surface area contributed by atoms with Gasteiger partial charge in [-0.25, -0.2) is 0 Å². The molecule has 1 aromatic rings. The summed E-state index contributed by atoms with van der Waals surface area (Å²) in [5.74, 6) is 1.70. The zero-order valence-corrected chi connectivity index (χ0v) is 11.7. The van der Waals surface area contributed by atoms with Crippen molar-refractivity contribution in [3.05, 3.63) is 29.8 Å². The van der Waals surface area contributed by atoms with Crippen LogP contribution in [0, 0.1) is 5.92 Å². The summed E-state index contributed by atoms with van der Waals surface area (Å²) in [7, 11) is 1.59. The Morgan fingerprint density at radius 3 is 2.89 bits per heavy atom. The van der Waals surface area contributed by atoms with Crippen molar-refractivity contribution in [3.63, 3.8) is 0 Å². The summed E-state index contributed by atoms with van der Waals surface area (Å²) < 4.78 is 5.09. The molecule has 1 N–H and O–H groups in total. The van der Waals surface area contributed by atoms with Crippen LogP contribution in [0.1, 0.15) is 30.1 Å². The molecule has 0 aliphatic carbocycles. The van der Waals surface area contributed by atoms with Crippen molar-refractivity contribution in [1.82, 2.24) is 5.32 Å². The third-order valence-electron chi connectivity index (χ3n) is 2.98. The van der Waals surface area contributed by atoms with Gasteiger partial charge in [0.1, 0.15) is 5.75 Å². The average Bonchev–Trinajstić information content (AvgIpc) is 2.43. The minimum absolute atomic E-state index is 0.0677. The summed E-state index contributed by atoms with van der Waals surface area (Å²) in [4.78, 5) is 11.9. The number of hydrogen-bond acceptors (Lipinski definition) is 2. The Labute approximate surface area is 113 Å². The molecule has 0 spiro atoms. The molecule has 0 aliphatic rings. The molecule has 0 aromatic heterocycles. The summed E-state index contributed by atoms with van der Waals surface area (Å²) >= 11 is 5.72. The quantitative estimate of drug-likeness (QED) is 0.773. The SMILES string of the molecule is CCC(CCCl)CNC(=O)c1cccc(OC)c1. The number of amides is 1. The van der Waals surface area contributed by atoms with Crippen LogP contribution in [0.2, 0.25) is 0 Å². The molecule has 3 nitrogen and oxygen atoms in total. The van der Waals surface area contributed by atoms with E-state index in [-0.39, 0.29) is 5.91 Å². The van der Waals surface area contributed by atoms with Crippen LogP contribution in [0.4, 0.5) is 0 Å². The predicted octanol–water partition coefficient (Wildman–Crippen LogP) is 3.08. The Balaban J connectivity index is 2.53. The molecule has 0 fully saturated rings. The largest absolute Gasteiger partial charge is 0.497 e. The van der Waals surface area contributed by atoms with Crippen LogP contribution in [0.25, 0.3) is 0 Å². The molecule has 1 amide bonds. The van der Waals surface area contributed by atoms with Gasteiger partial charge in [0, 0.05) is 18.0 Å². The first-order valence-corrected chi connectivity index (χ1v) is 6.73. The fourth-order valence-electron chi connectivity index (χ4n) is 1.71. The third kappa shape index (κ3) is 4.57. The van der Waals surface area contributed by atoms with Gasteiger partial charge in [-0.05, 0) is 30.5 Å². The van der Waals surface area contributed by atoms with E-state index in [0.29, 0.717) is 29.7 Å². The predicted molar refractivity (Wildman–Crippen MR) is 74.4 cm³/mol. The molecule has 1 aromatic carbocycles. The first kappa shape index (κ1) is 14.8. The topological polar surface area (TPSA) is 38.3 Å². The highest BCUT2D eigenvalue weighted by atomic mass is 35.5. The third-order valence-corrected chi connectivity index (χ3v) is 3.20. The van der Waals surface area contributed by atoms with Crippen LogP contribution in [0.3, 0.4) is 0 Å². The highest BCUT2D eigenvalue weighted by Crippen LogP contribution is 2.13. The maximum atomic E-state index is 11.9. The standard InChI is InChI=1S/C14H20ClNO2/c1-3-11(7-8-15)10-16-14(17)12-5-4-6-13(9-12)18-2/h4-6,9,11H,3,7-8,10H2,1-2H3,(H,16,17). The van der Waals surface area contributed by atoms with Gasteiger partial charge >= 0.3 is 0 Å². The lowest BCUT2D eigenvalue weighted by atomic mass is 10.0. The minimum atomic E-state index is -0.0677. The monoisotopic (exact) mass is 269 g/mol. The highest BCUT2D eigenvalue weighted by Gasteiger charge is 2.10. The van der Waals surface area contributed by atoms with Crippen molar-refractivity contribution in [3.8, 4) is 5.75 Å². The smallest absolute Gasteiger partial charge is 0.251 e. The van der Waals surface area contributed by atoms with E-state index in [4.69, 9.17) is 16.3 Å². The van der Waals surface area contributed by atoms with Crippen LogP contribution >= 0.6 is 11.6 Å². The van der Waals surface area contributed by atoms with Crippen LogP contribution < -0.4 is 10.1 Å². The van der Waals surface area contributed by atoms with Crippen LogP contribution in [-0.2, 0) is 0 Å². The lowest BCUT2D eigenvalue weighted by Crippen LogP contribution is -2.29. The van der Waals surface area contributed by atoms with Crippen molar-refractivity contribution >= 4 is 17.5 Å². The summed E-state index contributed by atoms with van der Waals surface area (Å²) in [5.41, 5.74) is 0.620. The van der Waals surface area contributed by atoms with Crippen molar-refractivity contribution in [2.45, 2.75) is 19.8 Å². The fourth-order valence-corrected chi connectivity index (χ4v) is 2.02. The molecule has 18 heavy (non-hydrogen) atoms. The lowest BCUT2D eigenvalue weighted by molar-refractivity contribution is 0.0946. The van der Waals surface area contributed by atoms with Crippen molar-refractivity contribution < 1.29 is 9.53 Å². The Morgan fingerprint density at radius 1 is 1.50 bits per heavy atom. The Hall–Kier alpha value is -1.22. The Bertz CT molecular complexity index is 382. The van der Waals surface area contributed by atoms with E-state index >= 15 is 0 Å². The van der Waals surface area contributed by atoms with Gasteiger partial charge in [0.05, 0.1) is 7.11 Å². The summed E-state index contributed by atoms with van der Waals surface area (Å²) in [6, 6.07) is 7.14. The van der Waals surface area contributed by atoms with Gasteiger partial charge in [0.25, 0.3) is 5.91 Å². The van der Waals surface area contributed by atoms with E-state index in [9.17, 15) is 4.79 Å². The molecule has 0 bridgehead atoms. The number of methoxy groups -OCH3 is 1. The molecule has 1 atom stereocenters. The lowest BCUT2D eigenvalue weighted by Gasteiger charge is -2.14. The Kier molecular flexibility index (Phi) is 6.58. The number of nitrogens with one attached hydrogen (secondary N) is 1. The zero-order chi connectivity index (χ0) is 13.4.